The van der Waals surface area contributed by atoms with Crippen LogP contribution in [-0.2, 0) is 9.59 Å². The molecule has 1 rings (SSSR count). The summed E-state index contributed by atoms with van der Waals surface area (Å²) in [7, 11) is 1.59. The van der Waals surface area contributed by atoms with E-state index < -0.39 is 0 Å². The number of rotatable bonds is 3. The summed E-state index contributed by atoms with van der Waals surface area (Å²) in [5, 5.41) is 2.50. The van der Waals surface area contributed by atoms with Gasteiger partial charge in [-0.3, -0.25) is 9.59 Å². The lowest BCUT2D eigenvalue weighted by Gasteiger charge is -2.14. The highest BCUT2D eigenvalue weighted by Gasteiger charge is 2.17. The monoisotopic (exact) mass is 184 g/mol. The van der Waals surface area contributed by atoms with Gasteiger partial charge in [-0.15, -0.1) is 0 Å². The maximum absolute atomic E-state index is 11.4. The summed E-state index contributed by atoms with van der Waals surface area (Å²) < 4.78 is 0. The topological polar surface area (TPSA) is 49.4 Å². The van der Waals surface area contributed by atoms with Gasteiger partial charge in [-0.05, 0) is 12.8 Å². The molecule has 1 fully saturated rings. The molecule has 0 aromatic heterocycles. The number of hydrogen-bond acceptors (Lipinski definition) is 2. The van der Waals surface area contributed by atoms with Crippen LogP contribution in [0.5, 0.6) is 0 Å². The minimum atomic E-state index is -0.0625. The molecule has 0 saturated carbocycles. The average molecular weight is 184 g/mol. The van der Waals surface area contributed by atoms with Crippen LogP contribution in [0.4, 0.5) is 0 Å². The second kappa shape index (κ2) is 4.84. The third-order valence-electron chi connectivity index (χ3n) is 2.30. The van der Waals surface area contributed by atoms with E-state index in [0.29, 0.717) is 12.8 Å². The number of likely N-dealkylation sites (tertiary alicyclic amines) is 1. The van der Waals surface area contributed by atoms with Crippen molar-refractivity contribution in [2.75, 3.05) is 20.1 Å². The molecule has 1 N–H and O–H groups in total. The minimum Gasteiger partial charge on any atom is -0.359 e. The Morgan fingerprint density at radius 3 is 2.38 bits per heavy atom. The number of carbonyl (C=O) groups is 2. The van der Waals surface area contributed by atoms with Crippen molar-refractivity contribution in [2.45, 2.75) is 25.7 Å². The van der Waals surface area contributed by atoms with Gasteiger partial charge in [-0.25, -0.2) is 0 Å². The molecular formula is C9H16N2O2. The van der Waals surface area contributed by atoms with E-state index in [9.17, 15) is 9.59 Å². The van der Waals surface area contributed by atoms with Crippen LogP contribution < -0.4 is 5.32 Å². The molecule has 1 aliphatic rings. The number of carbonyl (C=O) groups excluding carboxylic acids is 2. The molecule has 1 heterocycles. The van der Waals surface area contributed by atoms with E-state index >= 15 is 0 Å². The van der Waals surface area contributed by atoms with Crippen LogP contribution in [0.25, 0.3) is 0 Å². The van der Waals surface area contributed by atoms with Gasteiger partial charge in [0.15, 0.2) is 0 Å². The molecule has 0 aromatic rings. The first kappa shape index (κ1) is 10.0. The molecule has 0 aliphatic carbocycles. The van der Waals surface area contributed by atoms with Crippen LogP contribution in [0.3, 0.4) is 0 Å². The maximum Gasteiger partial charge on any atom is 0.223 e. The third kappa shape index (κ3) is 3.05. The fourth-order valence-corrected chi connectivity index (χ4v) is 1.47. The Labute approximate surface area is 78.3 Å². The largest absolute Gasteiger partial charge is 0.359 e. The Hall–Kier alpha value is -1.06. The van der Waals surface area contributed by atoms with Gasteiger partial charge in [0.1, 0.15) is 0 Å². The van der Waals surface area contributed by atoms with E-state index in [1.807, 2.05) is 4.90 Å². The van der Waals surface area contributed by atoms with Gasteiger partial charge in [0.05, 0.1) is 0 Å². The highest BCUT2D eigenvalue weighted by atomic mass is 16.2. The van der Waals surface area contributed by atoms with Crippen LogP contribution >= 0.6 is 0 Å². The first-order chi connectivity index (χ1) is 6.24. The molecule has 1 saturated heterocycles. The molecule has 1 aliphatic heterocycles. The van der Waals surface area contributed by atoms with E-state index in [-0.39, 0.29) is 11.8 Å². The van der Waals surface area contributed by atoms with Crippen LogP contribution in [0.15, 0.2) is 0 Å². The summed E-state index contributed by atoms with van der Waals surface area (Å²) in [5.41, 5.74) is 0. The normalized spacial score (nSPS) is 15.9. The van der Waals surface area contributed by atoms with Crippen LogP contribution in [0.2, 0.25) is 0 Å². The zero-order valence-corrected chi connectivity index (χ0v) is 8.01. The molecule has 74 valence electrons. The van der Waals surface area contributed by atoms with Crippen LogP contribution in [-0.4, -0.2) is 36.9 Å². The van der Waals surface area contributed by atoms with Gasteiger partial charge in [-0.2, -0.15) is 0 Å². The molecule has 0 bridgehead atoms. The van der Waals surface area contributed by atoms with Crippen molar-refractivity contribution in [2.24, 2.45) is 0 Å². The Morgan fingerprint density at radius 1 is 1.23 bits per heavy atom. The lowest BCUT2D eigenvalue weighted by molar-refractivity contribution is -0.132. The second-order valence-corrected chi connectivity index (χ2v) is 3.26. The minimum absolute atomic E-state index is 0.0625. The van der Waals surface area contributed by atoms with Gasteiger partial charge in [-0.1, -0.05) is 0 Å². The van der Waals surface area contributed by atoms with Crippen molar-refractivity contribution in [1.82, 2.24) is 10.2 Å². The molecule has 13 heavy (non-hydrogen) atoms. The second-order valence-electron chi connectivity index (χ2n) is 3.26. The van der Waals surface area contributed by atoms with Gasteiger partial charge >= 0.3 is 0 Å². The summed E-state index contributed by atoms with van der Waals surface area (Å²) in [5.74, 6) is 0.0497. The lowest BCUT2D eigenvalue weighted by Crippen LogP contribution is -2.29. The average Bonchev–Trinajstić information content (AvgIpc) is 2.66. The van der Waals surface area contributed by atoms with Gasteiger partial charge in [0.2, 0.25) is 11.8 Å². The first-order valence-corrected chi connectivity index (χ1v) is 4.72. The fourth-order valence-electron chi connectivity index (χ4n) is 1.47. The maximum atomic E-state index is 11.4. The number of amides is 2. The zero-order chi connectivity index (χ0) is 9.68. The zero-order valence-electron chi connectivity index (χ0n) is 8.01. The number of nitrogens with zero attached hydrogens (tertiary/aromatic N) is 1. The summed E-state index contributed by atoms with van der Waals surface area (Å²) in [4.78, 5) is 24.1. The summed E-state index contributed by atoms with van der Waals surface area (Å²) >= 11 is 0. The summed E-state index contributed by atoms with van der Waals surface area (Å²) in [6.07, 6.45) is 2.86. The number of nitrogens with one attached hydrogen (secondary N) is 1. The molecule has 0 unspecified atom stereocenters. The Bertz CT molecular complexity index is 198. The van der Waals surface area contributed by atoms with Crippen molar-refractivity contribution in [3.05, 3.63) is 0 Å². The van der Waals surface area contributed by atoms with Crippen molar-refractivity contribution >= 4 is 11.8 Å². The highest BCUT2D eigenvalue weighted by molar-refractivity contribution is 5.83. The smallest absolute Gasteiger partial charge is 0.223 e. The van der Waals surface area contributed by atoms with Gasteiger partial charge in [0, 0.05) is 33.0 Å². The standard InChI is InChI=1S/C9H16N2O2/c1-10-8(12)4-5-9(13)11-6-2-3-7-11/h2-7H2,1H3,(H,10,12). The molecule has 0 spiro atoms. The molecule has 2 amide bonds. The molecule has 4 heteroatoms. The molecule has 0 aromatic carbocycles. The molecule has 4 nitrogen and oxygen atoms in total. The molecular weight excluding hydrogens is 168 g/mol. The van der Waals surface area contributed by atoms with E-state index in [1.54, 1.807) is 7.05 Å². The van der Waals surface area contributed by atoms with Gasteiger partial charge in [0.25, 0.3) is 0 Å². The van der Waals surface area contributed by atoms with Gasteiger partial charge < -0.3 is 10.2 Å². The summed E-state index contributed by atoms with van der Waals surface area (Å²) in [6, 6.07) is 0. The molecule has 0 radical (unpaired) electrons. The Balaban J connectivity index is 2.20. The fraction of sp³-hybridized carbons (Fsp3) is 0.778. The first-order valence-electron chi connectivity index (χ1n) is 4.72. The predicted molar refractivity (Wildman–Crippen MR) is 49.1 cm³/mol. The van der Waals surface area contributed by atoms with E-state index in [1.165, 1.54) is 0 Å². The Kier molecular flexibility index (Phi) is 3.73. The predicted octanol–water partition coefficient (Wildman–Crippen LogP) is 0.135. The van der Waals surface area contributed by atoms with Crippen molar-refractivity contribution in [3.63, 3.8) is 0 Å². The summed E-state index contributed by atoms with van der Waals surface area (Å²) in [6.45, 7) is 1.74. The SMILES string of the molecule is CNC(=O)CCC(=O)N1CCCC1. The Morgan fingerprint density at radius 2 is 1.85 bits per heavy atom. The van der Waals surface area contributed by atoms with E-state index in [0.717, 1.165) is 25.9 Å². The third-order valence-corrected chi connectivity index (χ3v) is 2.30. The van der Waals surface area contributed by atoms with E-state index in [4.69, 9.17) is 0 Å². The lowest BCUT2D eigenvalue weighted by atomic mass is 10.2. The molecule has 0 atom stereocenters. The van der Waals surface area contributed by atoms with Crippen molar-refractivity contribution in [3.8, 4) is 0 Å². The van der Waals surface area contributed by atoms with Crippen LogP contribution in [0, 0.1) is 0 Å². The van der Waals surface area contributed by atoms with Crippen molar-refractivity contribution < 1.29 is 9.59 Å². The van der Waals surface area contributed by atoms with E-state index in [2.05, 4.69) is 5.32 Å². The number of hydrogen-bond donors (Lipinski definition) is 1. The quantitative estimate of drug-likeness (QED) is 0.678. The van der Waals surface area contributed by atoms with Crippen LogP contribution in [0.1, 0.15) is 25.7 Å². The van der Waals surface area contributed by atoms with Crippen molar-refractivity contribution in [1.29, 1.82) is 0 Å². The highest BCUT2D eigenvalue weighted by Crippen LogP contribution is 2.09.